The zero-order valence-electron chi connectivity index (χ0n) is 16.1. The van der Waals surface area contributed by atoms with E-state index in [2.05, 4.69) is 20.2 Å². The lowest BCUT2D eigenvalue weighted by molar-refractivity contribution is 0.0625. The van der Waals surface area contributed by atoms with E-state index in [-0.39, 0.29) is 11.5 Å². The van der Waals surface area contributed by atoms with E-state index in [4.69, 9.17) is 0 Å². The first-order valence-corrected chi connectivity index (χ1v) is 10.3. The molecule has 0 bridgehead atoms. The molecule has 3 heterocycles. The SMILES string of the molecule is O=C(c1cc(C2CC2)[nH]n1)N1CCN(CCn2nc3c(cc2=O)CCC3)CC1. The van der Waals surface area contributed by atoms with Gasteiger partial charge in [0.25, 0.3) is 11.5 Å². The summed E-state index contributed by atoms with van der Waals surface area (Å²) in [6, 6.07) is 3.67. The highest BCUT2D eigenvalue weighted by atomic mass is 16.2. The third-order valence-corrected chi connectivity index (χ3v) is 6.15. The van der Waals surface area contributed by atoms with Crippen molar-refractivity contribution in [3.8, 4) is 0 Å². The fourth-order valence-corrected chi connectivity index (χ4v) is 4.22. The fraction of sp³-hybridized carbons (Fsp3) is 0.600. The van der Waals surface area contributed by atoms with Gasteiger partial charge < -0.3 is 4.90 Å². The zero-order chi connectivity index (χ0) is 19.1. The fourth-order valence-electron chi connectivity index (χ4n) is 4.22. The molecule has 1 amide bonds. The minimum Gasteiger partial charge on any atom is -0.335 e. The Morgan fingerprint density at radius 1 is 1.11 bits per heavy atom. The number of carbonyl (C=O) groups excluding carboxylic acids is 1. The standard InChI is InChI=1S/C20H26N6O2/c27-19-12-15-2-1-3-16(15)23-26(19)11-8-24-6-9-25(10-7-24)20(28)18-13-17(21-22-18)14-4-5-14/h12-14H,1-11H2,(H,21,22). The molecule has 1 saturated carbocycles. The first-order valence-electron chi connectivity index (χ1n) is 10.3. The number of H-pyrrole nitrogens is 1. The van der Waals surface area contributed by atoms with Crippen molar-refractivity contribution in [2.45, 2.75) is 44.6 Å². The molecule has 2 aliphatic carbocycles. The normalized spacial score (nSPS) is 19.8. The molecule has 0 spiro atoms. The van der Waals surface area contributed by atoms with Gasteiger partial charge in [-0.05, 0) is 43.7 Å². The topological polar surface area (TPSA) is 87.1 Å². The number of piperazine rings is 1. The molecule has 8 nitrogen and oxygen atoms in total. The third kappa shape index (κ3) is 3.48. The van der Waals surface area contributed by atoms with Crippen LogP contribution in [0.15, 0.2) is 16.9 Å². The van der Waals surface area contributed by atoms with Crippen molar-refractivity contribution in [3.05, 3.63) is 45.1 Å². The molecule has 2 fully saturated rings. The number of hydrogen-bond acceptors (Lipinski definition) is 5. The van der Waals surface area contributed by atoms with Gasteiger partial charge in [0, 0.05) is 50.4 Å². The van der Waals surface area contributed by atoms with Gasteiger partial charge in [-0.1, -0.05) is 0 Å². The Morgan fingerprint density at radius 3 is 2.71 bits per heavy atom. The van der Waals surface area contributed by atoms with Crippen molar-refractivity contribution >= 4 is 5.91 Å². The Bertz CT molecular complexity index is 936. The van der Waals surface area contributed by atoms with Crippen LogP contribution in [0.25, 0.3) is 0 Å². The number of rotatable bonds is 5. The van der Waals surface area contributed by atoms with E-state index in [1.807, 2.05) is 11.0 Å². The second-order valence-electron chi connectivity index (χ2n) is 8.15. The van der Waals surface area contributed by atoms with Gasteiger partial charge >= 0.3 is 0 Å². The van der Waals surface area contributed by atoms with Gasteiger partial charge in [-0.2, -0.15) is 10.2 Å². The van der Waals surface area contributed by atoms with Crippen LogP contribution in [0.1, 0.15) is 52.6 Å². The van der Waals surface area contributed by atoms with E-state index in [1.54, 1.807) is 10.7 Å². The van der Waals surface area contributed by atoms with Gasteiger partial charge in [0.2, 0.25) is 0 Å². The first kappa shape index (κ1) is 17.6. The lowest BCUT2D eigenvalue weighted by Gasteiger charge is -2.34. The van der Waals surface area contributed by atoms with Crippen LogP contribution in [0, 0.1) is 0 Å². The predicted octanol–water partition coefficient (Wildman–Crippen LogP) is 0.791. The Balaban J connectivity index is 1.14. The third-order valence-electron chi connectivity index (χ3n) is 6.15. The highest BCUT2D eigenvalue weighted by Crippen LogP contribution is 2.39. The second kappa shape index (κ2) is 7.16. The van der Waals surface area contributed by atoms with Crippen LogP contribution in [-0.2, 0) is 19.4 Å². The number of hydrogen-bond donors (Lipinski definition) is 1. The summed E-state index contributed by atoms with van der Waals surface area (Å²) in [5.74, 6) is 0.585. The average molecular weight is 382 g/mol. The van der Waals surface area contributed by atoms with E-state index >= 15 is 0 Å². The Hall–Kier alpha value is -2.48. The monoisotopic (exact) mass is 382 g/mol. The Kier molecular flexibility index (Phi) is 4.50. The van der Waals surface area contributed by atoms with Crippen molar-refractivity contribution in [2.75, 3.05) is 32.7 Å². The van der Waals surface area contributed by atoms with Crippen LogP contribution in [-0.4, -0.2) is 68.4 Å². The van der Waals surface area contributed by atoms with Crippen molar-refractivity contribution in [1.82, 2.24) is 29.8 Å². The Morgan fingerprint density at radius 2 is 1.93 bits per heavy atom. The van der Waals surface area contributed by atoms with Crippen molar-refractivity contribution in [3.63, 3.8) is 0 Å². The van der Waals surface area contributed by atoms with Gasteiger partial charge in [-0.15, -0.1) is 0 Å². The summed E-state index contributed by atoms with van der Waals surface area (Å²) in [5, 5.41) is 11.8. The first-order chi connectivity index (χ1) is 13.7. The lowest BCUT2D eigenvalue weighted by atomic mass is 10.2. The molecule has 3 aliphatic rings. The molecule has 0 radical (unpaired) electrons. The quantitative estimate of drug-likeness (QED) is 0.826. The molecule has 2 aromatic heterocycles. The zero-order valence-corrected chi connectivity index (χ0v) is 16.1. The molecule has 0 aromatic carbocycles. The van der Waals surface area contributed by atoms with E-state index in [0.717, 1.165) is 55.8 Å². The molecule has 0 atom stereocenters. The molecular weight excluding hydrogens is 356 g/mol. The average Bonchev–Trinajstić information content (AvgIpc) is 3.26. The largest absolute Gasteiger partial charge is 0.335 e. The minimum atomic E-state index is -0.000497. The van der Waals surface area contributed by atoms with Crippen LogP contribution in [0.5, 0.6) is 0 Å². The summed E-state index contributed by atoms with van der Waals surface area (Å²) in [6.07, 6.45) is 5.44. The minimum absolute atomic E-state index is 0.000497. The predicted molar refractivity (Wildman–Crippen MR) is 103 cm³/mol. The molecule has 5 rings (SSSR count). The molecule has 8 heteroatoms. The molecule has 1 saturated heterocycles. The van der Waals surface area contributed by atoms with Gasteiger partial charge in [0.15, 0.2) is 0 Å². The van der Waals surface area contributed by atoms with E-state index in [9.17, 15) is 9.59 Å². The van der Waals surface area contributed by atoms with Gasteiger partial charge in [0.1, 0.15) is 5.69 Å². The van der Waals surface area contributed by atoms with Gasteiger partial charge in [-0.25, -0.2) is 4.68 Å². The van der Waals surface area contributed by atoms with Crippen LogP contribution in [0.2, 0.25) is 0 Å². The van der Waals surface area contributed by atoms with Crippen molar-refractivity contribution in [1.29, 1.82) is 0 Å². The summed E-state index contributed by atoms with van der Waals surface area (Å²) >= 11 is 0. The lowest BCUT2D eigenvalue weighted by Crippen LogP contribution is -2.49. The number of aromatic amines is 1. The number of aromatic nitrogens is 4. The summed E-state index contributed by atoms with van der Waals surface area (Å²) in [7, 11) is 0. The maximum atomic E-state index is 12.7. The van der Waals surface area contributed by atoms with E-state index < -0.39 is 0 Å². The van der Waals surface area contributed by atoms with Crippen molar-refractivity contribution < 1.29 is 4.79 Å². The summed E-state index contributed by atoms with van der Waals surface area (Å²) < 4.78 is 1.60. The molecule has 2 aromatic rings. The number of amides is 1. The number of carbonyl (C=O) groups is 1. The number of fused-ring (bicyclic) bond motifs is 1. The molecule has 28 heavy (non-hydrogen) atoms. The van der Waals surface area contributed by atoms with Crippen LogP contribution >= 0.6 is 0 Å². The van der Waals surface area contributed by atoms with Crippen molar-refractivity contribution in [2.24, 2.45) is 0 Å². The summed E-state index contributed by atoms with van der Waals surface area (Å²) in [5.41, 5.74) is 3.83. The molecule has 1 N–H and O–H groups in total. The smallest absolute Gasteiger partial charge is 0.274 e. The number of aryl methyl sites for hydroxylation is 2. The molecule has 148 valence electrons. The molecular formula is C20H26N6O2. The maximum Gasteiger partial charge on any atom is 0.274 e. The van der Waals surface area contributed by atoms with Gasteiger partial charge in [-0.3, -0.25) is 19.6 Å². The summed E-state index contributed by atoms with van der Waals surface area (Å²) in [6.45, 7) is 4.39. The molecule has 0 unspecified atom stereocenters. The Labute approximate surface area is 163 Å². The van der Waals surface area contributed by atoms with Gasteiger partial charge in [0.05, 0.1) is 12.2 Å². The van der Waals surface area contributed by atoms with Crippen LogP contribution in [0.3, 0.4) is 0 Å². The molecule has 1 aliphatic heterocycles. The number of nitrogens with one attached hydrogen (secondary N) is 1. The summed E-state index contributed by atoms with van der Waals surface area (Å²) in [4.78, 5) is 29.1. The maximum absolute atomic E-state index is 12.7. The van der Waals surface area contributed by atoms with E-state index in [0.29, 0.717) is 31.2 Å². The number of nitrogens with zero attached hydrogens (tertiary/aromatic N) is 5. The van der Waals surface area contributed by atoms with Crippen LogP contribution in [0.4, 0.5) is 0 Å². The highest BCUT2D eigenvalue weighted by molar-refractivity contribution is 5.92. The highest BCUT2D eigenvalue weighted by Gasteiger charge is 2.28. The second-order valence-corrected chi connectivity index (χ2v) is 8.15. The van der Waals surface area contributed by atoms with E-state index in [1.165, 1.54) is 12.8 Å². The van der Waals surface area contributed by atoms with Crippen LogP contribution < -0.4 is 5.56 Å².